The van der Waals surface area contributed by atoms with Gasteiger partial charge in [-0.25, -0.2) is 0 Å². The van der Waals surface area contributed by atoms with Crippen molar-refractivity contribution in [2.75, 3.05) is 19.5 Å². The summed E-state index contributed by atoms with van der Waals surface area (Å²) in [6, 6.07) is 9.37. The zero-order valence-corrected chi connectivity index (χ0v) is 15.1. The Morgan fingerprint density at radius 1 is 1.23 bits per heavy atom. The number of nitrogens with one attached hydrogen (secondary N) is 2. The second-order valence-corrected chi connectivity index (χ2v) is 6.94. The molecule has 22 heavy (non-hydrogen) atoms. The van der Waals surface area contributed by atoms with Crippen molar-refractivity contribution < 1.29 is 9.47 Å². The van der Waals surface area contributed by atoms with Crippen LogP contribution in [-0.2, 0) is 0 Å². The van der Waals surface area contributed by atoms with Crippen molar-refractivity contribution >= 4 is 56.5 Å². The third-order valence-electron chi connectivity index (χ3n) is 2.59. The number of anilines is 1. The largest absolute Gasteiger partial charge is 0.493 e. The molecule has 0 atom stereocenters. The number of nitrogens with zero attached hydrogens (tertiary/aromatic N) is 1. The number of benzene rings is 1. The van der Waals surface area contributed by atoms with Gasteiger partial charge in [0.2, 0.25) is 0 Å². The average Bonchev–Trinajstić information content (AvgIpc) is 2.92. The van der Waals surface area contributed by atoms with Crippen molar-refractivity contribution in [2.24, 2.45) is 5.10 Å². The second-order valence-electron chi connectivity index (χ2n) is 4.04. The molecule has 0 amide bonds. The van der Waals surface area contributed by atoms with Crippen LogP contribution in [-0.4, -0.2) is 25.5 Å². The minimum absolute atomic E-state index is 0.388. The minimum Gasteiger partial charge on any atom is -0.493 e. The smallest absolute Gasteiger partial charge is 0.191 e. The van der Waals surface area contributed by atoms with Crippen LogP contribution in [0.25, 0.3) is 0 Å². The predicted molar refractivity (Wildman–Crippen MR) is 98.5 cm³/mol. The van der Waals surface area contributed by atoms with Crippen LogP contribution in [0.3, 0.4) is 0 Å². The van der Waals surface area contributed by atoms with E-state index in [1.54, 1.807) is 43.9 Å². The number of hydrogen-bond donors (Lipinski definition) is 2. The molecule has 8 heteroatoms. The fourth-order valence-electron chi connectivity index (χ4n) is 1.63. The monoisotopic (exact) mass is 399 g/mol. The molecule has 0 radical (unpaired) electrons. The molecule has 5 nitrogen and oxygen atoms in total. The summed E-state index contributed by atoms with van der Waals surface area (Å²) in [6.07, 6.45) is 1.71. The van der Waals surface area contributed by atoms with Crippen LogP contribution < -0.4 is 20.2 Å². The average molecular weight is 400 g/mol. The first-order valence-corrected chi connectivity index (χ1v) is 8.21. The molecule has 1 heterocycles. The van der Waals surface area contributed by atoms with Gasteiger partial charge in [0, 0.05) is 16.6 Å². The second kappa shape index (κ2) is 8.11. The molecule has 0 saturated carbocycles. The first-order chi connectivity index (χ1) is 10.6. The zero-order chi connectivity index (χ0) is 15.9. The predicted octanol–water partition coefficient (Wildman–Crippen LogP) is 3.85. The van der Waals surface area contributed by atoms with E-state index in [1.165, 1.54) is 0 Å². The van der Waals surface area contributed by atoms with Crippen molar-refractivity contribution in [1.29, 1.82) is 0 Å². The third-order valence-corrected chi connectivity index (χ3v) is 4.34. The molecule has 1 aromatic carbocycles. The SMILES string of the molecule is COc1ccc(NC(=S)N/N=C\c2ccc(Br)s2)cc1OC. The van der Waals surface area contributed by atoms with E-state index in [2.05, 4.69) is 31.8 Å². The van der Waals surface area contributed by atoms with Gasteiger partial charge in [-0.3, -0.25) is 5.43 Å². The van der Waals surface area contributed by atoms with E-state index in [-0.39, 0.29) is 0 Å². The summed E-state index contributed by atoms with van der Waals surface area (Å²) in [4.78, 5) is 1.02. The lowest BCUT2D eigenvalue weighted by molar-refractivity contribution is 0.355. The van der Waals surface area contributed by atoms with Gasteiger partial charge in [-0.05, 0) is 52.4 Å². The van der Waals surface area contributed by atoms with Gasteiger partial charge in [0.15, 0.2) is 16.6 Å². The first kappa shape index (κ1) is 16.7. The van der Waals surface area contributed by atoms with Gasteiger partial charge in [-0.1, -0.05) is 0 Å². The van der Waals surface area contributed by atoms with Crippen LogP contribution in [0.2, 0.25) is 0 Å². The van der Waals surface area contributed by atoms with Gasteiger partial charge in [-0.2, -0.15) is 5.10 Å². The van der Waals surface area contributed by atoms with E-state index in [4.69, 9.17) is 21.7 Å². The Hall–Kier alpha value is -1.64. The molecule has 116 valence electrons. The van der Waals surface area contributed by atoms with Crippen LogP contribution in [0, 0.1) is 0 Å². The first-order valence-electron chi connectivity index (χ1n) is 6.20. The topological polar surface area (TPSA) is 54.9 Å². The van der Waals surface area contributed by atoms with Crippen LogP contribution in [0.1, 0.15) is 4.88 Å². The summed E-state index contributed by atoms with van der Waals surface area (Å²) in [5, 5.41) is 7.49. The molecule has 0 fully saturated rings. The summed E-state index contributed by atoms with van der Waals surface area (Å²) >= 11 is 10.2. The van der Waals surface area contributed by atoms with Crippen molar-refractivity contribution in [2.45, 2.75) is 0 Å². The summed E-state index contributed by atoms with van der Waals surface area (Å²) in [6.45, 7) is 0. The lowest BCUT2D eigenvalue weighted by Crippen LogP contribution is -2.23. The highest BCUT2D eigenvalue weighted by Crippen LogP contribution is 2.29. The van der Waals surface area contributed by atoms with E-state index >= 15 is 0 Å². The van der Waals surface area contributed by atoms with Crippen molar-refractivity contribution in [3.05, 3.63) is 39.0 Å². The summed E-state index contributed by atoms with van der Waals surface area (Å²) in [5.74, 6) is 1.29. The quantitative estimate of drug-likeness (QED) is 0.454. The number of ether oxygens (including phenoxy) is 2. The molecule has 0 spiro atoms. The third kappa shape index (κ3) is 4.69. The molecule has 2 aromatic rings. The van der Waals surface area contributed by atoms with Gasteiger partial charge in [0.25, 0.3) is 0 Å². The number of rotatable bonds is 5. The Balaban J connectivity index is 1.93. The van der Waals surface area contributed by atoms with Gasteiger partial charge >= 0.3 is 0 Å². The maximum Gasteiger partial charge on any atom is 0.191 e. The van der Waals surface area contributed by atoms with Crippen LogP contribution in [0.4, 0.5) is 5.69 Å². The molecule has 0 aliphatic heterocycles. The summed E-state index contributed by atoms with van der Waals surface area (Å²) in [7, 11) is 3.18. The minimum atomic E-state index is 0.388. The molecule has 0 aliphatic carbocycles. The molecule has 2 N–H and O–H groups in total. The molecule has 0 bridgehead atoms. The maximum atomic E-state index is 5.24. The van der Waals surface area contributed by atoms with Crippen LogP contribution in [0.15, 0.2) is 39.2 Å². The van der Waals surface area contributed by atoms with Gasteiger partial charge < -0.3 is 14.8 Å². The number of thiocarbonyl (C=S) groups is 1. The molecule has 2 rings (SSSR count). The number of hydrogen-bond acceptors (Lipinski definition) is 5. The Morgan fingerprint density at radius 2 is 2.00 bits per heavy atom. The standard InChI is InChI=1S/C14H14BrN3O2S2/c1-19-11-5-3-9(7-12(11)20-2)17-14(21)18-16-8-10-4-6-13(15)22-10/h3-8H,1-2H3,(H2,17,18,21)/b16-8-. The molecular formula is C14H14BrN3O2S2. The molecule has 0 aliphatic rings. The fraction of sp³-hybridized carbons (Fsp3) is 0.143. The normalized spacial score (nSPS) is 10.5. The Bertz CT molecular complexity index is 688. The Kier molecular flexibility index (Phi) is 6.17. The van der Waals surface area contributed by atoms with E-state index in [0.717, 1.165) is 14.4 Å². The summed E-state index contributed by atoms with van der Waals surface area (Å²) in [5.41, 5.74) is 3.55. The highest BCUT2D eigenvalue weighted by atomic mass is 79.9. The van der Waals surface area contributed by atoms with Gasteiger partial charge in [0.1, 0.15) is 0 Å². The van der Waals surface area contributed by atoms with E-state index in [9.17, 15) is 0 Å². The van der Waals surface area contributed by atoms with Crippen molar-refractivity contribution in [3.8, 4) is 11.5 Å². The number of halogens is 1. The van der Waals surface area contributed by atoms with Crippen LogP contribution in [0.5, 0.6) is 11.5 Å². The molecule has 0 saturated heterocycles. The molecular weight excluding hydrogens is 386 g/mol. The van der Waals surface area contributed by atoms with Crippen LogP contribution >= 0.6 is 39.5 Å². The van der Waals surface area contributed by atoms with E-state index in [0.29, 0.717) is 16.6 Å². The summed E-state index contributed by atoms with van der Waals surface area (Å²) < 4.78 is 11.5. The lowest BCUT2D eigenvalue weighted by Gasteiger charge is -2.11. The van der Waals surface area contributed by atoms with E-state index < -0.39 is 0 Å². The van der Waals surface area contributed by atoms with Gasteiger partial charge in [0.05, 0.1) is 24.2 Å². The van der Waals surface area contributed by atoms with Crippen molar-refractivity contribution in [1.82, 2.24) is 5.43 Å². The molecule has 0 unspecified atom stereocenters. The van der Waals surface area contributed by atoms with E-state index in [1.807, 2.05) is 18.2 Å². The zero-order valence-electron chi connectivity index (χ0n) is 11.9. The highest BCUT2D eigenvalue weighted by Gasteiger charge is 2.05. The fourth-order valence-corrected chi connectivity index (χ4v) is 3.09. The lowest BCUT2D eigenvalue weighted by atomic mass is 10.3. The van der Waals surface area contributed by atoms with Gasteiger partial charge in [-0.15, -0.1) is 11.3 Å². The van der Waals surface area contributed by atoms with Crippen molar-refractivity contribution in [3.63, 3.8) is 0 Å². The highest BCUT2D eigenvalue weighted by molar-refractivity contribution is 9.11. The Labute approximate surface area is 146 Å². The number of hydrazone groups is 1. The number of methoxy groups -OCH3 is 2. The number of thiophene rings is 1. The maximum absolute atomic E-state index is 5.24. The molecule has 1 aromatic heterocycles. The Morgan fingerprint density at radius 3 is 2.64 bits per heavy atom.